The molecule has 0 saturated heterocycles. The highest BCUT2D eigenvalue weighted by Gasteiger charge is 2.48. The highest BCUT2D eigenvalue weighted by atomic mass is 16.5. The Kier molecular flexibility index (Phi) is 3.23. The third kappa shape index (κ3) is 1.69. The fraction of sp³-hybridized carbons (Fsp3) is 1.00. The van der Waals surface area contributed by atoms with Gasteiger partial charge in [-0.2, -0.15) is 0 Å². The molecule has 6 atom stereocenters. The van der Waals surface area contributed by atoms with Crippen molar-refractivity contribution < 1.29 is 30.3 Å². The molecular formula is C7H14O6. The van der Waals surface area contributed by atoms with Crippen LogP contribution in [0.1, 0.15) is 0 Å². The van der Waals surface area contributed by atoms with Gasteiger partial charge in [0.05, 0.1) is 0 Å². The van der Waals surface area contributed by atoms with Gasteiger partial charge in [-0.15, -0.1) is 0 Å². The molecule has 0 unspecified atom stereocenters. The van der Waals surface area contributed by atoms with Gasteiger partial charge in [0.1, 0.15) is 36.6 Å². The maximum Gasteiger partial charge on any atom is 0.114 e. The first-order chi connectivity index (χ1) is 6.00. The van der Waals surface area contributed by atoms with E-state index in [4.69, 9.17) is 5.11 Å². The molecule has 0 aromatic rings. The van der Waals surface area contributed by atoms with E-state index in [1.165, 1.54) is 7.11 Å². The molecule has 0 radical (unpaired) electrons. The lowest BCUT2D eigenvalue weighted by atomic mass is 9.85. The van der Waals surface area contributed by atoms with E-state index in [2.05, 4.69) is 4.74 Å². The molecule has 0 spiro atoms. The van der Waals surface area contributed by atoms with Crippen LogP contribution in [-0.2, 0) is 4.74 Å². The quantitative estimate of drug-likeness (QED) is 0.301. The van der Waals surface area contributed by atoms with Crippen LogP contribution in [0.5, 0.6) is 0 Å². The molecule has 6 nitrogen and oxygen atoms in total. The van der Waals surface area contributed by atoms with E-state index >= 15 is 0 Å². The Balaban J connectivity index is 2.79. The molecule has 1 aliphatic rings. The zero-order valence-corrected chi connectivity index (χ0v) is 7.11. The van der Waals surface area contributed by atoms with Gasteiger partial charge in [-0.3, -0.25) is 0 Å². The van der Waals surface area contributed by atoms with Crippen LogP contribution in [0.3, 0.4) is 0 Å². The Hall–Kier alpha value is -0.240. The molecule has 0 amide bonds. The van der Waals surface area contributed by atoms with E-state index in [0.29, 0.717) is 0 Å². The molecule has 13 heavy (non-hydrogen) atoms. The van der Waals surface area contributed by atoms with Gasteiger partial charge in [0, 0.05) is 7.11 Å². The van der Waals surface area contributed by atoms with Crippen LogP contribution in [-0.4, -0.2) is 69.3 Å². The summed E-state index contributed by atoms with van der Waals surface area (Å²) in [5.41, 5.74) is 0. The molecule has 78 valence electrons. The molecule has 1 aliphatic carbocycles. The molecule has 6 heteroatoms. The number of methoxy groups -OCH3 is 1. The Morgan fingerprint density at radius 2 is 1.00 bits per heavy atom. The van der Waals surface area contributed by atoms with Crippen LogP contribution < -0.4 is 0 Å². The van der Waals surface area contributed by atoms with Crippen molar-refractivity contribution in [2.24, 2.45) is 0 Å². The van der Waals surface area contributed by atoms with E-state index < -0.39 is 36.6 Å². The summed E-state index contributed by atoms with van der Waals surface area (Å²) in [7, 11) is 1.23. The second-order valence-electron chi connectivity index (χ2n) is 3.15. The fourth-order valence-electron chi connectivity index (χ4n) is 1.48. The average Bonchev–Trinajstić information content (AvgIpc) is 2.13. The second kappa shape index (κ2) is 3.87. The smallest absolute Gasteiger partial charge is 0.114 e. The van der Waals surface area contributed by atoms with Crippen LogP contribution >= 0.6 is 0 Å². The minimum atomic E-state index is -1.56. The Morgan fingerprint density at radius 3 is 1.31 bits per heavy atom. The molecular weight excluding hydrogens is 180 g/mol. The highest BCUT2D eigenvalue weighted by Crippen LogP contribution is 2.23. The fourth-order valence-corrected chi connectivity index (χ4v) is 1.48. The maximum atomic E-state index is 9.29. The summed E-state index contributed by atoms with van der Waals surface area (Å²) in [6, 6.07) is 0. The molecule has 1 fully saturated rings. The van der Waals surface area contributed by atoms with Crippen LogP contribution in [0, 0.1) is 0 Å². The summed E-state index contributed by atoms with van der Waals surface area (Å²) in [6.07, 6.45) is -8.48. The zero-order chi connectivity index (χ0) is 10.2. The Bertz CT molecular complexity index is 158. The summed E-state index contributed by atoms with van der Waals surface area (Å²) in [5, 5.41) is 46.1. The monoisotopic (exact) mass is 194 g/mol. The highest BCUT2D eigenvalue weighted by molar-refractivity contribution is 4.99. The summed E-state index contributed by atoms with van der Waals surface area (Å²) >= 11 is 0. The van der Waals surface area contributed by atoms with E-state index in [-0.39, 0.29) is 0 Å². The van der Waals surface area contributed by atoms with Gasteiger partial charge in [-0.1, -0.05) is 0 Å². The molecule has 0 heterocycles. The molecule has 1 saturated carbocycles. The summed E-state index contributed by atoms with van der Waals surface area (Å²) in [5.74, 6) is 0. The van der Waals surface area contributed by atoms with Crippen LogP contribution in [0.2, 0.25) is 0 Å². The van der Waals surface area contributed by atoms with Crippen molar-refractivity contribution in [2.45, 2.75) is 36.6 Å². The Labute approximate surface area is 75.0 Å². The lowest BCUT2D eigenvalue weighted by Gasteiger charge is -2.40. The number of rotatable bonds is 1. The molecule has 0 bridgehead atoms. The number of aliphatic hydroxyl groups is 5. The topological polar surface area (TPSA) is 110 Å². The van der Waals surface area contributed by atoms with Crippen molar-refractivity contribution in [2.75, 3.05) is 7.11 Å². The third-order valence-electron chi connectivity index (χ3n) is 2.35. The van der Waals surface area contributed by atoms with Gasteiger partial charge in [-0.25, -0.2) is 0 Å². The predicted octanol–water partition coefficient (Wildman–Crippen LogP) is -3.18. The SMILES string of the molecule is CO[C@H]1[C@@H](O)[C@H](O)[C@@H](O)[C@H](O)[C@@H]1O. The molecule has 0 aliphatic heterocycles. The molecule has 1 rings (SSSR count). The number of ether oxygens (including phenoxy) is 1. The normalized spacial score (nSPS) is 52.2. The van der Waals surface area contributed by atoms with Crippen LogP contribution in [0.4, 0.5) is 0 Å². The summed E-state index contributed by atoms with van der Waals surface area (Å²) in [4.78, 5) is 0. The van der Waals surface area contributed by atoms with Gasteiger partial charge < -0.3 is 30.3 Å². The van der Waals surface area contributed by atoms with Gasteiger partial charge >= 0.3 is 0 Å². The van der Waals surface area contributed by atoms with Crippen molar-refractivity contribution in [3.63, 3.8) is 0 Å². The Morgan fingerprint density at radius 1 is 0.692 bits per heavy atom. The van der Waals surface area contributed by atoms with Gasteiger partial charge in [0.2, 0.25) is 0 Å². The average molecular weight is 194 g/mol. The van der Waals surface area contributed by atoms with Crippen molar-refractivity contribution in [1.29, 1.82) is 0 Å². The van der Waals surface area contributed by atoms with Gasteiger partial charge in [0.25, 0.3) is 0 Å². The second-order valence-corrected chi connectivity index (χ2v) is 3.15. The van der Waals surface area contributed by atoms with Crippen molar-refractivity contribution in [1.82, 2.24) is 0 Å². The van der Waals surface area contributed by atoms with Crippen LogP contribution in [0.15, 0.2) is 0 Å². The van der Waals surface area contributed by atoms with E-state index in [0.717, 1.165) is 0 Å². The lowest BCUT2D eigenvalue weighted by molar-refractivity contribution is -0.229. The minimum Gasteiger partial charge on any atom is -0.387 e. The first-order valence-electron chi connectivity index (χ1n) is 3.93. The number of aliphatic hydroxyl groups excluding tert-OH is 5. The van der Waals surface area contributed by atoms with E-state index in [9.17, 15) is 20.4 Å². The first-order valence-corrected chi connectivity index (χ1v) is 3.93. The molecule has 5 N–H and O–H groups in total. The van der Waals surface area contributed by atoms with Gasteiger partial charge in [0.15, 0.2) is 0 Å². The molecule has 0 aromatic carbocycles. The summed E-state index contributed by atoms with van der Waals surface area (Å²) < 4.78 is 4.67. The summed E-state index contributed by atoms with van der Waals surface area (Å²) in [6.45, 7) is 0. The molecule has 0 aromatic heterocycles. The maximum absolute atomic E-state index is 9.29. The standard InChI is InChI=1S/C7H14O6/c1-13-7-5(11)3(9)2(8)4(10)6(7)12/h2-12H,1H3/t2-,3-,4+,5-,6-,7+/m0/s1. The van der Waals surface area contributed by atoms with Crippen molar-refractivity contribution >= 4 is 0 Å². The van der Waals surface area contributed by atoms with Crippen LogP contribution in [0.25, 0.3) is 0 Å². The largest absolute Gasteiger partial charge is 0.387 e. The first kappa shape index (κ1) is 10.8. The number of hydrogen-bond acceptors (Lipinski definition) is 6. The van der Waals surface area contributed by atoms with E-state index in [1.807, 2.05) is 0 Å². The predicted molar refractivity (Wildman–Crippen MR) is 40.8 cm³/mol. The van der Waals surface area contributed by atoms with E-state index in [1.54, 1.807) is 0 Å². The zero-order valence-electron chi connectivity index (χ0n) is 7.11. The minimum absolute atomic E-state index is 1.09. The van der Waals surface area contributed by atoms with Crippen molar-refractivity contribution in [3.05, 3.63) is 0 Å². The third-order valence-corrected chi connectivity index (χ3v) is 2.35. The number of hydrogen-bond donors (Lipinski definition) is 5. The van der Waals surface area contributed by atoms with Crippen molar-refractivity contribution in [3.8, 4) is 0 Å². The lowest BCUT2D eigenvalue weighted by Crippen LogP contribution is -2.64. The van der Waals surface area contributed by atoms with Gasteiger partial charge in [-0.05, 0) is 0 Å².